The number of esters is 1. The highest BCUT2D eigenvalue weighted by molar-refractivity contribution is 7.95. The van der Waals surface area contributed by atoms with Gasteiger partial charge in [0.2, 0.25) is 16.6 Å². The number of nitrogens with zero attached hydrogens (tertiary/aromatic N) is 1. The fourth-order valence-electron chi connectivity index (χ4n) is 7.09. The van der Waals surface area contributed by atoms with Crippen LogP contribution in [-0.2, 0) is 35.3 Å². The third-order valence-corrected chi connectivity index (χ3v) is 11.0. The Morgan fingerprint density at radius 1 is 1.05 bits per heavy atom. The molecule has 0 bridgehead atoms. The van der Waals surface area contributed by atoms with E-state index in [1.54, 1.807) is 51.1 Å². The summed E-state index contributed by atoms with van der Waals surface area (Å²) in [7, 11) is -1.76. The molecule has 7 rings (SSSR count). The Morgan fingerprint density at radius 3 is 2.43 bits per heavy atom. The van der Waals surface area contributed by atoms with Crippen molar-refractivity contribution in [3.63, 3.8) is 0 Å². The minimum absolute atomic E-state index is 0.118. The Bertz CT molecular complexity index is 1690. The minimum Gasteiger partial charge on any atom is -0.454 e. The van der Waals surface area contributed by atoms with Crippen molar-refractivity contribution in [2.45, 2.75) is 69.5 Å². The van der Waals surface area contributed by atoms with Crippen molar-refractivity contribution in [2.75, 3.05) is 26.9 Å². The smallest absolute Gasteiger partial charge is 0.316 e. The van der Waals surface area contributed by atoms with E-state index < -0.39 is 44.8 Å². The van der Waals surface area contributed by atoms with Crippen molar-refractivity contribution >= 4 is 21.4 Å². The second-order valence-electron chi connectivity index (χ2n) is 13.5. The van der Waals surface area contributed by atoms with Crippen molar-refractivity contribution in [2.24, 2.45) is 5.41 Å². The molecular weight excluding hydrogens is 558 g/mol. The standard InChI is InChI=1S/C32H36NO8S/c1-30(2,3)29(34)39-26-25-22-15-24-23(37-18-38-24)14-19(22)12-13-33(6)17-21(42(35,36)20-10-8-7-9-11-20)16-32(25,33)28-27(26)40-31(4,5)41-28/h7-11,14-16,27-28H,12-13,17-18H2,1-6H3/q+1/t27-,28-,32-,33-/m1/s1. The average molecular weight is 595 g/mol. The number of rotatable bonds is 3. The van der Waals surface area contributed by atoms with E-state index in [1.807, 2.05) is 32.1 Å². The molecule has 4 atom stereocenters. The van der Waals surface area contributed by atoms with Gasteiger partial charge >= 0.3 is 5.97 Å². The third kappa shape index (κ3) is 3.78. The van der Waals surface area contributed by atoms with Gasteiger partial charge in [0.15, 0.2) is 35.0 Å². The summed E-state index contributed by atoms with van der Waals surface area (Å²) in [6.45, 7) is 10.0. The lowest BCUT2D eigenvalue weighted by Gasteiger charge is -2.46. The Morgan fingerprint density at radius 2 is 1.74 bits per heavy atom. The predicted molar refractivity (Wildman–Crippen MR) is 153 cm³/mol. The van der Waals surface area contributed by atoms with Crippen LogP contribution in [-0.4, -0.2) is 69.3 Å². The molecule has 0 unspecified atom stereocenters. The van der Waals surface area contributed by atoms with Crippen LogP contribution >= 0.6 is 0 Å². The summed E-state index contributed by atoms with van der Waals surface area (Å²) in [6, 6.07) is 12.4. The number of carbonyl (C=O) groups is 1. The normalized spacial score (nSPS) is 30.7. The summed E-state index contributed by atoms with van der Waals surface area (Å²) in [5.41, 5.74) is 0.722. The molecule has 0 saturated carbocycles. The van der Waals surface area contributed by atoms with Gasteiger partial charge in [0.05, 0.1) is 29.5 Å². The monoisotopic (exact) mass is 594 g/mol. The van der Waals surface area contributed by atoms with E-state index in [9.17, 15) is 13.2 Å². The highest BCUT2D eigenvalue weighted by Crippen LogP contribution is 2.61. The van der Waals surface area contributed by atoms with Gasteiger partial charge in [-0.25, -0.2) is 8.42 Å². The zero-order valence-corrected chi connectivity index (χ0v) is 25.5. The first kappa shape index (κ1) is 27.6. The maximum Gasteiger partial charge on any atom is 0.316 e. The van der Waals surface area contributed by atoms with Crippen molar-refractivity contribution in [1.29, 1.82) is 0 Å². The third-order valence-electron chi connectivity index (χ3n) is 9.17. The van der Waals surface area contributed by atoms with Crippen molar-refractivity contribution in [3.8, 4) is 11.5 Å². The molecule has 1 spiro atoms. The van der Waals surface area contributed by atoms with E-state index in [1.165, 1.54) is 0 Å². The molecule has 42 heavy (non-hydrogen) atoms. The van der Waals surface area contributed by atoms with E-state index in [-0.39, 0.29) is 18.2 Å². The molecule has 1 saturated heterocycles. The number of hydrogen-bond donors (Lipinski definition) is 0. The van der Waals surface area contributed by atoms with Crippen LogP contribution in [0, 0.1) is 5.41 Å². The van der Waals surface area contributed by atoms with Crippen LogP contribution in [0.4, 0.5) is 0 Å². The molecule has 9 nitrogen and oxygen atoms in total. The van der Waals surface area contributed by atoms with Crippen LogP contribution in [0.3, 0.4) is 0 Å². The quantitative estimate of drug-likeness (QED) is 0.382. The van der Waals surface area contributed by atoms with Crippen molar-refractivity contribution in [1.82, 2.24) is 0 Å². The van der Waals surface area contributed by atoms with Gasteiger partial charge in [-0.05, 0) is 70.0 Å². The molecule has 222 valence electrons. The molecule has 0 radical (unpaired) electrons. The first-order valence-corrected chi connectivity index (χ1v) is 15.8. The Kier molecular flexibility index (Phi) is 5.72. The predicted octanol–water partition coefficient (Wildman–Crippen LogP) is 4.36. The van der Waals surface area contributed by atoms with Gasteiger partial charge in [-0.2, -0.15) is 0 Å². The summed E-state index contributed by atoms with van der Waals surface area (Å²) >= 11 is 0. The Balaban J connectivity index is 1.53. The van der Waals surface area contributed by atoms with Crippen LogP contribution in [0.15, 0.2) is 64.1 Å². The molecule has 2 aromatic carbocycles. The van der Waals surface area contributed by atoms with Gasteiger partial charge in [0.1, 0.15) is 17.2 Å². The molecule has 0 amide bonds. The molecule has 1 fully saturated rings. The lowest BCUT2D eigenvalue weighted by Crippen LogP contribution is -2.64. The molecular formula is C32H36NO8S+. The van der Waals surface area contributed by atoms with Gasteiger partial charge in [0.25, 0.3) is 0 Å². The Labute approximate surface area is 246 Å². The number of sulfone groups is 1. The van der Waals surface area contributed by atoms with Crippen LogP contribution in [0.2, 0.25) is 0 Å². The summed E-state index contributed by atoms with van der Waals surface area (Å²) in [5, 5.41) is 0. The number of hydrogen-bond acceptors (Lipinski definition) is 8. The summed E-state index contributed by atoms with van der Waals surface area (Å²) < 4.78 is 59.5. The Hall–Kier alpha value is -3.18. The van der Waals surface area contributed by atoms with E-state index in [2.05, 4.69) is 7.05 Å². The fourth-order valence-corrected chi connectivity index (χ4v) is 8.70. The first-order chi connectivity index (χ1) is 19.7. The molecule has 1 aliphatic carbocycles. The number of fused-ring (bicyclic) bond motifs is 4. The van der Waals surface area contributed by atoms with Crippen molar-refractivity contribution < 1.29 is 41.4 Å². The lowest BCUT2D eigenvalue weighted by atomic mass is 9.82. The van der Waals surface area contributed by atoms with E-state index in [4.69, 9.17) is 23.7 Å². The van der Waals surface area contributed by atoms with E-state index in [0.717, 1.165) is 11.1 Å². The average Bonchev–Trinajstić information content (AvgIpc) is 3.63. The number of likely N-dealkylation sites (N-methyl/N-ethyl adjacent to an activating group) is 1. The highest BCUT2D eigenvalue weighted by Gasteiger charge is 2.73. The van der Waals surface area contributed by atoms with E-state index >= 15 is 0 Å². The molecule has 0 N–H and O–H groups in total. The van der Waals surface area contributed by atoms with Crippen LogP contribution in [0.5, 0.6) is 11.5 Å². The van der Waals surface area contributed by atoms with Gasteiger partial charge in [-0.1, -0.05) is 18.2 Å². The molecule has 10 heteroatoms. The van der Waals surface area contributed by atoms with Gasteiger partial charge in [-0.15, -0.1) is 0 Å². The number of benzene rings is 2. The maximum atomic E-state index is 14.1. The second kappa shape index (κ2) is 8.69. The van der Waals surface area contributed by atoms with Crippen LogP contribution < -0.4 is 9.47 Å². The van der Waals surface area contributed by atoms with Crippen molar-refractivity contribution in [3.05, 3.63) is 70.3 Å². The van der Waals surface area contributed by atoms with E-state index in [0.29, 0.717) is 45.2 Å². The SMILES string of the molecule is CC1(C)O[C@@H]2C(OC(=O)C(C)(C)C)=C3c4cc5c(cc4CC[N@+]4(C)CC(S(=O)(=O)c6ccccc6)=C[C@]34[C@@H]2O1)OCO5. The zero-order chi connectivity index (χ0) is 29.9. The molecule has 4 heterocycles. The summed E-state index contributed by atoms with van der Waals surface area (Å²) in [4.78, 5) is 14.0. The largest absolute Gasteiger partial charge is 0.454 e. The molecule has 2 aromatic rings. The topological polar surface area (TPSA) is 97.4 Å². The molecule has 0 aromatic heterocycles. The maximum absolute atomic E-state index is 14.1. The molecule has 4 aliphatic heterocycles. The number of ether oxygens (including phenoxy) is 5. The van der Waals surface area contributed by atoms with Gasteiger partial charge in [-0.3, -0.25) is 4.79 Å². The van der Waals surface area contributed by atoms with Gasteiger partial charge < -0.3 is 28.2 Å². The summed E-state index contributed by atoms with van der Waals surface area (Å²) in [6.07, 6.45) is 1.13. The molecule has 5 aliphatic rings. The van der Waals surface area contributed by atoms with Crippen LogP contribution in [0.25, 0.3) is 5.57 Å². The minimum atomic E-state index is -3.82. The number of quaternary nitrogens is 1. The first-order valence-electron chi connectivity index (χ1n) is 14.3. The number of carbonyl (C=O) groups excluding carboxylic acids is 1. The summed E-state index contributed by atoms with van der Waals surface area (Å²) in [5.74, 6) is 0.225. The zero-order valence-electron chi connectivity index (χ0n) is 24.7. The highest BCUT2D eigenvalue weighted by atomic mass is 32.2. The lowest BCUT2D eigenvalue weighted by molar-refractivity contribution is -0.935. The second-order valence-corrected chi connectivity index (χ2v) is 15.5. The van der Waals surface area contributed by atoms with Gasteiger partial charge in [0, 0.05) is 12.5 Å². The fraction of sp³-hybridized carbons (Fsp3) is 0.469. The van der Waals surface area contributed by atoms with Crippen LogP contribution in [0.1, 0.15) is 45.7 Å².